The molecule has 2 rings (SSSR count). The maximum absolute atomic E-state index is 10.9. The van der Waals surface area contributed by atoms with Crippen molar-refractivity contribution in [3.05, 3.63) is 29.7 Å². The predicted octanol–water partition coefficient (Wildman–Crippen LogP) is 3.22. The van der Waals surface area contributed by atoms with Gasteiger partial charge < -0.3 is 9.79 Å². The van der Waals surface area contributed by atoms with Gasteiger partial charge in [0, 0.05) is 17.5 Å². The third kappa shape index (κ3) is 5.39. The van der Waals surface area contributed by atoms with E-state index in [-0.39, 0.29) is 5.49 Å². The molecule has 122 valence electrons. The largest absolute Gasteiger partial charge is 0.335 e. The molecule has 0 amide bonds. The van der Waals surface area contributed by atoms with E-state index in [2.05, 4.69) is 17.0 Å². The number of unbranched alkanes of at least 4 members (excludes halogenated alkanes) is 3. The minimum atomic E-state index is -3.97. The van der Waals surface area contributed by atoms with Crippen molar-refractivity contribution in [2.45, 2.75) is 44.8 Å². The van der Waals surface area contributed by atoms with Gasteiger partial charge in [-0.1, -0.05) is 26.2 Å². The highest BCUT2D eigenvalue weighted by Crippen LogP contribution is 2.39. The van der Waals surface area contributed by atoms with E-state index in [1.807, 2.05) is 12.1 Å². The van der Waals surface area contributed by atoms with Crippen LogP contribution in [0.4, 0.5) is 0 Å². The van der Waals surface area contributed by atoms with Crippen molar-refractivity contribution in [1.29, 1.82) is 0 Å². The molecule has 22 heavy (non-hydrogen) atoms. The Labute approximate surface area is 134 Å². The van der Waals surface area contributed by atoms with Crippen LogP contribution in [-0.2, 0) is 16.7 Å². The van der Waals surface area contributed by atoms with Crippen LogP contribution < -0.4 is 0 Å². The Morgan fingerprint density at radius 1 is 1.32 bits per heavy atom. The molecular weight excluding hydrogens is 321 g/mol. The van der Waals surface area contributed by atoms with Crippen LogP contribution in [0, 0.1) is 0 Å². The Balaban J connectivity index is 2.06. The molecule has 0 bridgehead atoms. The zero-order chi connectivity index (χ0) is 16.0. The van der Waals surface area contributed by atoms with E-state index in [9.17, 15) is 4.57 Å². The second-order valence-electron chi connectivity index (χ2n) is 5.29. The van der Waals surface area contributed by atoms with E-state index < -0.39 is 7.60 Å². The highest BCUT2D eigenvalue weighted by Gasteiger charge is 2.14. The molecule has 2 aromatic heterocycles. The number of nitrogens with zero attached hydrogens (tertiary/aromatic N) is 3. The lowest BCUT2D eigenvalue weighted by atomic mass is 10.1. The van der Waals surface area contributed by atoms with E-state index in [1.54, 1.807) is 10.7 Å². The maximum Gasteiger partial charge on any atom is 0.335 e. The van der Waals surface area contributed by atoms with Crippen LogP contribution >= 0.6 is 19.4 Å². The maximum atomic E-state index is 10.9. The fourth-order valence-corrected chi connectivity index (χ4v) is 4.00. The van der Waals surface area contributed by atoms with Gasteiger partial charge in [0.1, 0.15) is 0 Å². The minimum Gasteiger partial charge on any atom is -0.324 e. The molecule has 0 unspecified atom stereocenters. The van der Waals surface area contributed by atoms with Crippen LogP contribution in [0.5, 0.6) is 0 Å². The summed E-state index contributed by atoms with van der Waals surface area (Å²) in [6, 6.07) is 3.85. The predicted molar refractivity (Wildman–Crippen MR) is 89.0 cm³/mol. The Morgan fingerprint density at radius 2 is 2.14 bits per heavy atom. The van der Waals surface area contributed by atoms with Gasteiger partial charge in [0.15, 0.2) is 5.65 Å². The number of fused-ring (bicyclic) bond motifs is 1. The van der Waals surface area contributed by atoms with Gasteiger partial charge in [-0.05, 0) is 18.9 Å². The molecule has 0 aliphatic heterocycles. The number of hydrogen-bond acceptors (Lipinski definition) is 4. The molecule has 2 N–H and O–H groups in total. The van der Waals surface area contributed by atoms with E-state index in [0.717, 1.165) is 29.9 Å². The second-order valence-corrected chi connectivity index (χ2v) is 8.35. The zero-order valence-corrected chi connectivity index (χ0v) is 14.4. The number of rotatable bonds is 9. The topological polar surface area (TPSA) is 87.7 Å². The summed E-state index contributed by atoms with van der Waals surface area (Å²) in [4.78, 5) is 22.5. The average molecular weight is 343 g/mol. The second kappa shape index (κ2) is 8.11. The van der Waals surface area contributed by atoms with Gasteiger partial charge in [-0.2, -0.15) is 5.10 Å². The zero-order valence-electron chi connectivity index (χ0n) is 12.7. The van der Waals surface area contributed by atoms with Crippen LogP contribution in [0.2, 0.25) is 0 Å². The summed E-state index contributed by atoms with van der Waals surface area (Å²) < 4.78 is 12.7. The Morgan fingerprint density at radius 3 is 2.86 bits per heavy atom. The Kier molecular flexibility index (Phi) is 6.44. The summed E-state index contributed by atoms with van der Waals surface area (Å²) in [7, 11) is -3.97. The first-order valence-corrected chi connectivity index (χ1v) is 10.4. The molecule has 6 nitrogen and oxygen atoms in total. The Bertz CT molecular complexity index is 656. The van der Waals surface area contributed by atoms with Crippen molar-refractivity contribution < 1.29 is 14.4 Å². The molecule has 0 spiro atoms. The van der Waals surface area contributed by atoms with Gasteiger partial charge in [-0.3, -0.25) is 4.57 Å². The molecular formula is C14H22N3O3PS. The van der Waals surface area contributed by atoms with E-state index >= 15 is 0 Å². The average Bonchev–Trinajstić information content (AvgIpc) is 2.91. The van der Waals surface area contributed by atoms with Gasteiger partial charge >= 0.3 is 7.60 Å². The van der Waals surface area contributed by atoms with E-state index in [4.69, 9.17) is 9.79 Å². The van der Waals surface area contributed by atoms with Crippen molar-refractivity contribution in [2.75, 3.05) is 5.49 Å². The fourth-order valence-electron chi connectivity index (χ4n) is 2.27. The van der Waals surface area contributed by atoms with Gasteiger partial charge in [0.25, 0.3) is 0 Å². The molecule has 0 saturated heterocycles. The summed E-state index contributed by atoms with van der Waals surface area (Å²) in [6.45, 7) is 2.19. The third-order valence-corrected chi connectivity index (χ3v) is 5.86. The molecule has 0 aliphatic carbocycles. The number of aromatic nitrogens is 3. The first kappa shape index (κ1) is 17.5. The van der Waals surface area contributed by atoms with Crippen LogP contribution in [-0.4, -0.2) is 29.9 Å². The lowest BCUT2D eigenvalue weighted by molar-refractivity contribution is 0.379. The van der Waals surface area contributed by atoms with Crippen LogP contribution in [0.25, 0.3) is 5.65 Å². The van der Waals surface area contributed by atoms with Gasteiger partial charge in [0.05, 0.1) is 17.4 Å². The highest BCUT2D eigenvalue weighted by molar-refractivity contribution is 8.03. The summed E-state index contributed by atoms with van der Waals surface area (Å²) in [5.41, 5.74) is 2.57. The van der Waals surface area contributed by atoms with E-state index in [1.165, 1.54) is 31.0 Å². The van der Waals surface area contributed by atoms with Crippen LogP contribution in [0.1, 0.15) is 44.0 Å². The van der Waals surface area contributed by atoms with E-state index in [0.29, 0.717) is 5.75 Å². The summed E-state index contributed by atoms with van der Waals surface area (Å²) in [5, 5.41) is 4.23. The Hall–Kier alpha value is -0.880. The normalized spacial score (nSPS) is 12.1. The molecule has 0 aromatic carbocycles. The molecule has 0 saturated carbocycles. The number of hydrogen-bond donors (Lipinski definition) is 2. The smallest absolute Gasteiger partial charge is 0.324 e. The minimum absolute atomic E-state index is 0.177. The van der Waals surface area contributed by atoms with Crippen molar-refractivity contribution in [3.8, 4) is 0 Å². The molecule has 2 aromatic rings. The lowest BCUT2D eigenvalue weighted by Crippen LogP contribution is -2.03. The summed E-state index contributed by atoms with van der Waals surface area (Å²) in [6.07, 6.45) is 7.38. The first-order chi connectivity index (χ1) is 10.5. The first-order valence-electron chi connectivity index (χ1n) is 7.44. The van der Waals surface area contributed by atoms with Crippen molar-refractivity contribution in [3.63, 3.8) is 0 Å². The fraction of sp³-hybridized carbons (Fsp3) is 0.571. The SMILES string of the molecule is CCCCCCc1cc(CSCP(=O)(O)O)n2nccc2n1. The summed E-state index contributed by atoms with van der Waals surface area (Å²) >= 11 is 1.22. The van der Waals surface area contributed by atoms with Crippen LogP contribution in [0.15, 0.2) is 18.3 Å². The molecule has 2 heterocycles. The van der Waals surface area contributed by atoms with Crippen molar-refractivity contribution in [1.82, 2.24) is 14.6 Å². The quantitative estimate of drug-likeness (QED) is 0.537. The van der Waals surface area contributed by atoms with Gasteiger partial charge in [-0.25, -0.2) is 9.50 Å². The standard InChI is InChI=1S/C14H22N3O3PS/c1-2-3-4-5-6-12-9-13(10-22-11-21(18,19)20)17-14(16-12)7-8-15-17/h7-9H,2-6,10-11H2,1H3,(H2,18,19,20). The van der Waals surface area contributed by atoms with Gasteiger partial charge in [-0.15, -0.1) is 11.8 Å². The molecule has 0 fully saturated rings. The monoisotopic (exact) mass is 343 g/mol. The van der Waals surface area contributed by atoms with Crippen molar-refractivity contribution in [2.24, 2.45) is 0 Å². The van der Waals surface area contributed by atoms with Gasteiger partial charge in [0.2, 0.25) is 0 Å². The molecule has 0 aliphatic rings. The number of thioether (sulfide) groups is 1. The van der Waals surface area contributed by atoms with Crippen molar-refractivity contribution >= 4 is 25.0 Å². The highest BCUT2D eigenvalue weighted by atomic mass is 32.2. The summed E-state index contributed by atoms with van der Waals surface area (Å²) in [5.74, 6) is 0.508. The third-order valence-electron chi connectivity index (χ3n) is 3.28. The molecule has 8 heteroatoms. The molecule has 0 radical (unpaired) electrons. The lowest BCUT2D eigenvalue weighted by Gasteiger charge is -2.08. The number of aryl methyl sites for hydroxylation is 1. The van der Waals surface area contributed by atoms with Crippen LogP contribution in [0.3, 0.4) is 0 Å². The molecule has 0 atom stereocenters.